The largest absolute Gasteiger partial charge is 0.315 e. The third-order valence-corrected chi connectivity index (χ3v) is 2.81. The molecule has 0 aliphatic carbocycles. The molecule has 0 aromatic heterocycles. The number of Topliss-reactive ketones (excluding diaryl/α,β-unsaturated/α-hetero) is 1. The Morgan fingerprint density at radius 2 is 2.12 bits per heavy atom. The number of allylic oxidation sites excluding steroid dienone is 1. The van der Waals surface area contributed by atoms with Gasteiger partial charge in [0.25, 0.3) is 0 Å². The van der Waals surface area contributed by atoms with Crippen LogP contribution in [0.25, 0.3) is 0 Å². The molecule has 0 saturated heterocycles. The van der Waals surface area contributed by atoms with Crippen molar-refractivity contribution in [1.29, 1.82) is 0 Å². The number of benzene rings is 1. The zero-order chi connectivity index (χ0) is 11.9. The first-order chi connectivity index (χ1) is 7.50. The Morgan fingerprint density at radius 3 is 2.75 bits per heavy atom. The van der Waals surface area contributed by atoms with Crippen LogP contribution >= 0.6 is 0 Å². The zero-order valence-corrected chi connectivity index (χ0v) is 9.41. The van der Waals surface area contributed by atoms with Crippen molar-refractivity contribution >= 4 is 17.4 Å². The maximum absolute atomic E-state index is 11.7. The minimum Gasteiger partial charge on any atom is -0.315 e. The summed E-state index contributed by atoms with van der Waals surface area (Å²) in [5.74, 6) is -0.000254. The van der Waals surface area contributed by atoms with Gasteiger partial charge >= 0.3 is 0 Å². The van der Waals surface area contributed by atoms with Crippen LogP contribution in [0.4, 0.5) is 5.69 Å². The Balaban J connectivity index is 2.43. The fourth-order valence-electron chi connectivity index (χ4n) is 1.86. The molecule has 0 fully saturated rings. The Morgan fingerprint density at radius 1 is 1.44 bits per heavy atom. The van der Waals surface area contributed by atoms with Crippen molar-refractivity contribution in [3.8, 4) is 0 Å². The van der Waals surface area contributed by atoms with Crippen LogP contribution in [0.1, 0.15) is 22.8 Å². The molecule has 0 atom stereocenters. The minimum absolute atomic E-state index is 0.0647. The van der Waals surface area contributed by atoms with Crippen molar-refractivity contribution in [2.45, 2.75) is 13.3 Å². The molecule has 0 spiro atoms. The molecule has 0 radical (unpaired) electrons. The lowest BCUT2D eigenvalue weighted by atomic mass is 10.0. The van der Waals surface area contributed by atoms with Gasteiger partial charge in [0.15, 0.2) is 5.78 Å². The number of hydrogen-bond acceptors (Lipinski definition) is 2. The smallest absolute Gasteiger partial charge is 0.231 e. The van der Waals surface area contributed by atoms with E-state index < -0.39 is 0 Å². The number of hydrogen-bond donors (Lipinski definition) is 0. The van der Waals surface area contributed by atoms with Gasteiger partial charge in [-0.2, -0.15) is 0 Å². The van der Waals surface area contributed by atoms with Crippen LogP contribution in [0, 0.1) is 0 Å². The zero-order valence-electron chi connectivity index (χ0n) is 9.41. The Kier molecular flexibility index (Phi) is 2.38. The number of rotatable bonds is 2. The summed E-state index contributed by atoms with van der Waals surface area (Å²) in [4.78, 5) is 24.8. The van der Waals surface area contributed by atoms with Crippen LogP contribution in [0.15, 0.2) is 30.4 Å². The van der Waals surface area contributed by atoms with Gasteiger partial charge in [-0.05, 0) is 36.3 Å². The molecule has 0 unspecified atom stereocenters. The van der Waals surface area contributed by atoms with Gasteiger partial charge in [-0.25, -0.2) is 0 Å². The summed E-state index contributed by atoms with van der Waals surface area (Å²) in [7, 11) is 1.74. The van der Waals surface area contributed by atoms with Crippen LogP contribution in [-0.2, 0) is 11.2 Å². The van der Waals surface area contributed by atoms with Gasteiger partial charge in [0.1, 0.15) is 0 Å². The fourth-order valence-corrected chi connectivity index (χ4v) is 1.86. The van der Waals surface area contributed by atoms with Crippen LogP contribution in [-0.4, -0.2) is 18.7 Å². The van der Waals surface area contributed by atoms with Gasteiger partial charge < -0.3 is 4.90 Å². The summed E-state index contributed by atoms with van der Waals surface area (Å²) in [6.07, 6.45) is 0.378. The predicted molar refractivity (Wildman–Crippen MR) is 62.7 cm³/mol. The SMILES string of the molecule is C=C(C)C(=O)c1ccc2c(c1)CC(=O)N2C. The number of ketones is 1. The van der Waals surface area contributed by atoms with Crippen molar-refractivity contribution in [2.75, 3.05) is 11.9 Å². The molecule has 1 aromatic carbocycles. The molecule has 1 heterocycles. The van der Waals surface area contributed by atoms with Crippen LogP contribution < -0.4 is 4.90 Å². The second-order valence-corrected chi connectivity index (χ2v) is 4.08. The summed E-state index contributed by atoms with van der Waals surface area (Å²) in [6, 6.07) is 5.34. The quantitative estimate of drug-likeness (QED) is 0.558. The molecule has 3 heteroatoms. The number of anilines is 1. The number of likely N-dealkylation sites (N-methyl/N-ethyl adjacent to an activating group) is 1. The predicted octanol–water partition coefficient (Wildman–Crippen LogP) is 1.96. The van der Waals surface area contributed by atoms with E-state index in [1.807, 2.05) is 6.07 Å². The molecular formula is C13H13NO2. The monoisotopic (exact) mass is 215 g/mol. The third kappa shape index (κ3) is 1.54. The first-order valence-corrected chi connectivity index (χ1v) is 5.10. The van der Waals surface area contributed by atoms with E-state index in [1.165, 1.54) is 0 Å². The van der Waals surface area contributed by atoms with Gasteiger partial charge in [0.05, 0.1) is 6.42 Å². The molecule has 1 amide bonds. The third-order valence-electron chi connectivity index (χ3n) is 2.81. The van der Waals surface area contributed by atoms with Gasteiger partial charge in [-0.15, -0.1) is 0 Å². The summed E-state index contributed by atoms with van der Waals surface area (Å²) in [6.45, 7) is 5.32. The molecule has 1 aliphatic rings. The van der Waals surface area contributed by atoms with E-state index in [2.05, 4.69) is 6.58 Å². The normalized spacial score (nSPS) is 13.9. The van der Waals surface area contributed by atoms with Crippen molar-refractivity contribution in [2.24, 2.45) is 0 Å². The first-order valence-electron chi connectivity index (χ1n) is 5.10. The number of fused-ring (bicyclic) bond motifs is 1. The Bertz CT molecular complexity index is 503. The highest BCUT2D eigenvalue weighted by molar-refractivity contribution is 6.09. The Labute approximate surface area is 94.4 Å². The summed E-state index contributed by atoms with van der Waals surface area (Å²) in [5, 5.41) is 0. The Hall–Kier alpha value is -1.90. The number of carbonyl (C=O) groups excluding carboxylic acids is 2. The van der Waals surface area contributed by atoms with Crippen molar-refractivity contribution in [3.63, 3.8) is 0 Å². The molecular weight excluding hydrogens is 202 g/mol. The number of amides is 1. The topological polar surface area (TPSA) is 37.4 Å². The molecule has 82 valence electrons. The summed E-state index contributed by atoms with van der Waals surface area (Å²) in [5.41, 5.74) is 2.93. The van der Waals surface area contributed by atoms with Crippen LogP contribution in [0.2, 0.25) is 0 Å². The van der Waals surface area contributed by atoms with E-state index in [4.69, 9.17) is 0 Å². The lowest BCUT2D eigenvalue weighted by Crippen LogP contribution is -2.20. The standard InChI is InChI=1S/C13H13NO2/c1-8(2)13(16)9-4-5-11-10(6-9)7-12(15)14(11)3/h4-6H,1,7H2,2-3H3. The molecule has 0 N–H and O–H groups in total. The highest BCUT2D eigenvalue weighted by Crippen LogP contribution is 2.28. The van der Waals surface area contributed by atoms with Crippen LogP contribution in [0.3, 0.4) is 0 Å². The second kappa shape index (κ2) is 3.59. The van der Waals surface area contributed by atoms with Crippen LogP contribution in [0.5, 0.6) is 0 Å². The highest BCUT2D eigenvalue weighted by Gasteiger charge is 2.24. The number of nitrogens with zero attached hydrogens (tertiary/aromatic N) is 1. The number of carbonyl (C=O) groups is 2. The molecule has 1 aromatic rings. The van der Waals surface area contributed by atoms with E-state index in [-0.39, 0.29) is 11.7 Å². The highest BCUT2D eigenvalue weighted by atomic mass is 16.2. The van der Waals surface area contributed by atoms with E-state index >= 15 is 0 Å². The summed E-state index contributed by atoms with van der Waals surface area (Å²) >= 11 is 0. The maximum atomic E-state index is 11.7. The van der Waals surface area contributed by atoms with Crippen molar-refractivity contribution < 1.29 is 9.59 Å². The lowest BCUT2D eigenvalue weighted by Gasteiger charge is -2.10. The molecule has 1 aliphatic heterocycles. The maximum Gasteiger partial charge on any atom is 0.231 e. The molecule has 0 bridgehead atoms. The molecule has 3 nitrogen and oxygen atoms in total. The van der Waals surface area contributed by atoms with Gasteiger partial charge in [-0.3, -0.25) is 9.59 Å². The average Bonchev–Trinajstić information content (AvgIpc) is 2.53. The van der Waals surface area contributed by atoms with E-state index in [0.717, 1.165) is 11.3 Å². The lowest BCUT2D eigenvalue weighted by molar-refractivity contribution is -0.117. The van der Waals surface area contributed by atoms with E-state index in [0.29, 0.717) is 17.6 Å². The molecule has 2 rings (SSSR count). The molecule has 16 heavy (non-hydrogen) atoms. The summed E-state index contributed by atoms with van der Waals surface area (Å²) < 4.78 is 0. The molecule has 0 saturated carbocycles. The van der Waals surface area contributed by atoms with Gasteiger partial charge in [-0.1, -0.05) is 6.58 Å². The first kappa shape index (κ1) is 10.6. The average molecular weight is 215 g/mol. The fraction of sp³-hybridized carbons (Fsp3) is 0.231. The second-order valence-electron chi connectivity index (χ2n) is 4.08. The van der Waals surface area contributed by atoms with E-state index in [9.17, 15) is 9.59 Å². The van der Waals surface area contributed by atoms with Gasteiger partial charge in [0.2, 0.25) is 5.91 Å². The van der Waals surface area contributed by atoms with Crippen molar-refractivity contribution in [3.05, 3.63) is 41.5 Å². The van der Waals surface area contributed by atoms with Crippen molar-refractivity contribution in [1.82, 2.24) is 0 Å². The van der Waals surface area contributed by atoms with Gasteiger partial charge in [0, 0.05) is 18.3 Å². The minimum atomic E-state index is -0.0650. The van der Waals surface area contributed by atoms with E-state index in [1.54, 1.807) is 31.0 Å².